The number of amides is 1. The number of nitrogens with zero attached hydrogens (tertiary/aromatic N) is 5. The van der Waals surface area contributed by atoms with Crippen LogP contribution >= 0.6 is 0 Å². The number of carbonyl (C=O) groups excluding carboxylic acids is 1. The van der Waals surface area contributed by atoms with Gasteiger partial charge in [-0.25, -0.2) is 4.52 Å². The number of hydrogen-bond donors (Lipinski definition) is 2. The zero-order valence-electron chi connectivity index (χ0n) is 17.0. The first-order valence-corrected chi connectivity index (χ1v) is 9.84. The number of aryl methyl sites for hydroxylation is 1. The maximum absolute atomic E-state index is 12.8. The summed E-state index contributed by atoms with van der Waals surface area (Å²) in [6.07, 6.45) is 5.02. The predicted octanol–water partition coefficient (Wildman–Crippen LogP) is 2.38. The van der Waals surface area contributed by atoms with Crippen molar-refractivity contribution in [3.05, 3.63) is 88.2 Å². The lowest BCUT2D eigenvalue weighted by atomic mass is 10.1. The second-order valence-corrected chi connectivity index (χ2v) is 7.39. The van der Waals surface area contributed by atoms with Crippen LogP contribution in [0, 0.1) is 11.3 Å². The molecular weight excluding hydrogens is 406 g/mol. The van der Waals surface area contributed by atoms with E-state index < -0.39 is 11.5 Å². The average Bonchev–Trinajstić information content (AvgIpc) is 3.40. The minimum atomic E-state index is -0.541. The molecule has 2 N–H and O–H groups in total. The lowest BCUT2D eigenvalue weighted by Gasteiger charge is -2.05. The molecule has 3 aromatic heterocycles. The van der Waals surface area contributed by atoms with Gasteiger partial charge in [-0.05, 0) is 16.8 Å². The van der Waals surface area contributed by atoms with Crippen LogP contribution in [0.25, 0.3) is 27.5 Å². The number of fused-ring (bicyclic) bond motifs is 2. The van der Waals surface area contributed by atoms with E-state index >= 15 is 0 Å². The lowest BCUT2D eigenvalue weighted by Crippen LogP contribution is -2.24. The number of nitriles is 1. The van der Waals surface area contributed by atoms with Gasteiger partial charge < -0.3 is 10.3 Å². The molecule has 9 nitrogen and oxygen atoms in total. The Morgan fingerprint density at radius 2 is 2.00 bits per heavy atom. The lowest BCUT2D eigenvalue weighted by molar-refractivity contribution is 0.0945. The molecule has 0 aliphatic carbocycles. The van der Waals surface area contributed by atoms with E-state index in [0.29, 0.717) is 5.69 Å². The van der Waals surface area contributed by atoms with Crippen molar-refractivity contribution in [2.45, 2.75) is 6.54 Å². The van der Waals surface area contributed by atoms with Crippen molar-refractivity contribution in [2.24, 2.45) is 7.05 Å². The highest BCUT2D eigenvalue weighted by molar-refractivity contribution is 5.97. The van der Waals surface area contributed by atoms with E-state index in [2.05, 4.69) is 20.5 Å². The Bertz CT molecular complexity index is 1600. The molecule has 0 unspecified atom stereocenters. The molecule has 0 aliphatic heterocycles. The number of hydrogen-bond acceptors (Lipinski definition) is 5. The van der Waals surface area contributed by atoms with Gasteiger partial charge in [0.2, 0.25) is 0 Å². The Morgan fingerprint density at radius 1 is 1.19 bits per heavy atom. The quantitative estimate of drug-likeness (QED) is 0.460. The highest BCUT2D eigenvalue weighted by Crippen LogP contribution is 2.23. The minimum absolute atomic E-state index is 0.0311. The third-order valence-corrected chi connectivity index (χ3v) is 5.22. The van der Waals surface area contributed by atoms with Crippen LogP contribution in [0.1, 0.15) is 21.6 Å². The molecule has 1 amide bonds. The van der Waals surface area contributed by atoms with Crippen molar-refractivity contribution in [1.29, 1.82) is 5.26 Å². The van der Waals surface area contributed by atoms with Gasteiger partial charge >= 0.3 is 0 Å². The van der Waals surface area contributed by atoms with Crippen molar-refractivity contribution in [3.63, 3.8) is 0 Å². The van der Waals surface area contributed by atoms with E-state index in [1.807, 2.05) is 48.5 Å². The molecular formula is C23H17N7O2. The van der Waals surface area contributed by atoms with Gasteiger partial charge in [-0.15, -0.1) is 0 Å². The third-order valence-electron chi connectivity index (χ3n) is 5.22. The number of H-pyrrole nitrogens is 1. The Balaban J connectivity index is 1.54. The van der Waals surface area contributed by atoms with Crippen LogP contribution in [0.3, 0.4) is 0 Å². The van der Waals surface area contributed by atoms with Crippen molar-refractivity contribution in [1.82, 2.24) is 29.7 Å². The Kier molecular flexibility index (Phi) is 4.53. The zero-order chi connectivity index (χ0) is 22.2. The number of rotatable bonds is 4. The van der Waals surface area contributed by atoms with Gasteiger partial charge in [0.25, 0.3) is 11.5 Å². The van der Waals surface area contributed by atoms with Crippen LogP contribution in [0.15, 0.2) is 65.8 Å². The number of nitrogens with one attached hydrogen (secondary N) is 2. The van der Waals surface area contributed by atoms with Crippen LogP contribution in [-0.2, 0) is 13.6 Å². The summed E-state index contributed by atoms with van der Waals surface area (Å²) in [5.41, 5.74) is 1.49. The van der Waals surface area contributed by atoms with Crippen molar-refractivity contribution >= 4 is 22.2 Å². The SMILES string of the molecule is Cn1cc(CNC(=O)c2nn3cc(-c4ccc5ccccc5c4)[nH]c(=O)c3c2C#N)cn1. The first kappa shape index (κ1) is 19.3. The second-order valence-electron chi connectivity index (χ2n) is 7.39. The average molecular weight is 423 g/mol. The molecule has 0 aliphatic rings. The molecule has 2 aromatic carbocycles. The summed E-state index contributed by atoms with van der Waals surface area (Å²) in [7, 11) is 1.78. The van der Waals surface area contributed by atoms with E-state index in [9.17, 15) is 14.9 Å². The standard InChI is InChI=1S/C23H17N7O2/c1-29-12-14(11-26-29)10-25-22(31)20-18(9-24)21-23(32)27-19(13-30(21)28-20)17-7-6-15-4-2-3-5-16(15)8-17/h2-8,11-13H,10H2,1H3,(H,25,31)(H,27,32). The fourth-order valence-corrected chi connectivity index (χ4v) is 3.68. The maximum atomic E-state index is 12.8. The van der Waals surface area contributed by atoms with Gasteiger partial charge in [0.15, 0.2) is 5.69 Å². The molecule has 5 rings (SSSR count). The van der Waals surface area contributed by atoms with Crippen molar-refractivity contribution in [2.75, 3.05) is 0 Å². The van der Waals surface area contributed by atoms with Gasteiger partial charge in [-0.2, -0.15) is 15.5 Å². The van der Waals surface area contributed by atoms with E-state index in [4.69, 9.17) is 0 Å². The van der Waals surface area contributed by atoms with Crippen LogP contribution in [-0.4, -0.2) is 30.3 Å². The summed E-state index contributed by atoms with van der Waals surface area (Å²) in [5, 5.41) is 22.8. The van der Waals surface area contributed by atoms with Gasteiger partial charge in [-0.1, -0.05) is 36.4 Å². The highest BCUT2D eigenvalue weighted by atomic mass is 16.2. The summed E-state index contributed by atoms with van der Waals surface area (Å²) in [4.78, 5) is 28.3. The molecule has 0 bridgehead atoms. The molecule has 0 atom stereocenters. The van der Waals surface area contributed by atoms with E-state index in [1.165, 1.54) is 4.52 Å². The maximum Gasteiger partial charge on any atom is 0.275 e. The summed E-state index contributed by atoms with van der Waals surface area (Å²) in [6, 6.07) is 15.7. The highest BCUT2D eigenvalue weighted by Gasteiger charge is 2.22. The molecule has 32 heavy (non-hydrogen) atoms. The molecule has 0 fully saturated rings. The van der Waals surface area contributed by atoms with Gasteiger partial charge in [0.05, 0.1) is 18.1 Å². The largest absolute Gasteiger partial charge is 0.346 e. The molecule has 0 spiro atoms. The van der Waals surface area contributed by atoms with Gasteiger partial charge in [0, 0.05) is 30.9 Å². The number of carbonyl (C=O) groups is 1. The second kappa shape index (κ2) is 7.52. The fraction of sp³-hybridized carbons (Fsp3) is 0.0870. The fourth-order valence-electron chi connectivity index (χ4n) is 3.68. The third kappa shape index (κ3) is 3.30. The minimum Gasteiger partial charge on any atom is -0.346 e. The first-order chi connectivity index (χ1) is 15.5. The Labute approximate surface area is 181 Å². The summed E-state index contributed by atoms with van der Waals surface area (Å²) >= 11 is 0. The number of aromatic amines is 1. The Morgan fingerprint density at radius 3 is 2.75 bits per heavy atom. The molecule has 0 radical (unpaired) electrons. The van der Waals surface area contributed by atoms with E-state index in [0.717, 1.165) is 21.9 Å². The van der Waals surface area contributed by atoms with Gasteiger partial charge in [-0.3, -0.25) is 14.3 Å². The monoisotopic (exact) mass is 423 g/mol. The molecule has 5 aromatic rings. The van der Waals surface area contributed by atoms with Crippen LogP contribution in [0.2, 0.25) is 0 Å². The van der Waals surface area contributed by atoms with Crippen LogP contribution in [0.4, 0.5) is 0 Å². The molecule has 0 saturated carbocycles. The summed E-state index contributed by atoms with van der Waals surface area (Å²) in [5.74, 6) is -0.541. The van der Waals surface area contributed by atoms with E-state index in [-0.39, 0.29) is 23.3 Å². The van der Waals surface area contributed by atoms with Crippen LogP contribution < -0.4 is 10.9 Å². The summed E-state index contributed by atoms with van der Waals surface area (Å²) in [6.45, 7) is 0.226. The smallest absolute Gasteiger partial charge is 0.275 e. The molecule has 9 heteroatoms. The molecule has 0 saturated heterocycles. The number of benzene rings is 2. The molecule has 3 heterocycles. The number of aromatic nitrogens is 5. The normalized spacial score (nSPS) is 11.0. The van der Waals surface area contributed by atoms with Crippen molar-refractivity contribution < 1.29 is 4.79 Å². The summed E-state index contributed by atoms with van der Waals surface area (Å²) < 4.78 is 2.92. The zero-order valence-corrected chi connectivity index (χ0v) is 17.0. The van der Waals surface area contributed by atoms with Gasteiger partial charge in [0.1, 0.15) is 17.1 Å². The Hall–Kier alpha value is -4.71. The van der Waals surface area contributed by atoms with E-state index in [1.54, 1.807) is 30.3 Å². The predicted molar refractivity (Wildman–Crippen MR) is 118 cm³/mol. The molecule has 156 valence electrons. The van der Waals surface area contributed by atoms with Crippen molar-refractivity contribution in [3.8, 4) is 17.3 Å². The van der Waals surface area contributed by atoms with Crippen LogP contribution in [0.5, 0.6) is 0 Å². The first-order valence-electron chi connectivity index (χ1n) is 9.84. The topological polar surface area (TPSA) is 121 Å².